The van der Waals surface area contributed by atoms with Gasteiger partial charge < -0.3 is 15.1 Å². The number of nitrogens with one attached hydrogen (secondary N) is 2. The van der Waals surface area contributed by atoms with Crippen LogP contribution in [0.25, 0.3) is 10.8 Å². The van der Waals surface area contributed by atoms with Gasteiger partial charge >= 0.3 is 0 Å². The molecule has 2 aromatic heterocycles. The topological polar surface area (TPSA) is 62.5 Å². The normalized spacial score (nSPS) is 11.5. The van der Waals surface area contributed by atoms with Crippen LogP contribution in [0.2, 0.25) is 0 Å². The molecule has 3 rings (SSSR count). The highest BCUT2D eigenvalue weighted by Gasteiger charge is 2.08. The molecule has 0 aliphatic carbocycles. The molecule has 0 atom stereocenters. The van der Waals surface area contributed by atoms with E-state index < -0.39 is 0 Å². The van der Waals surface area contributed by atoms with Crippen molar-refractivity contribution in [3.63, 3.8) is 0 Å². The summed E-state index contributed by atoms with van der Waals surface area (Å²) in [5.74, 6) is 0.977. The van der Waals surface area contributed by atoms with E-state index in [-0.39, 0.29) is 5.82 Å². The maximum Gasteiger partial charge on any atom is 0.236 e. The van der Waals surface area contributed by atoms with Crippen molar-refractivity contribution in [1.82, 2.24) is 15.6 Å². The number of aliphatic imine (C=N–C) groups is 1. The lowest BCUT2D eigenvalue weighted by molar-refractivity contribution is 0.573. The Bertz CT molecular complexity index is 814. The molecule has 0 unspecified atom stereocenters. The average Bonchev–Trinajstić information content (AvgIpc) is 3.26. The van der Waals surface area contributed by atoms with Crippen molar-refractivity contribution in [2.45, 2.75) is 13.1 Å². The predicted molar refractivity (Wildman–Crippen MR) is 93.3 cm³/mol. The zero-order chi connectivity index (χ0) is 16.8. The lowest BCUT2D eigenvalue weighted by Crippen LogP contribution is -2.36. The van der Waals surface area contributed by atoms with Crippen molar-refractivity contribution >= 4 is 17.3 Å². The van der Waals surface area contributed by atoms with Gasteiger partial charge in [-0.3, -0.25) is 4.99 Å². The van der Waals surface area contributed by atoms with Crippen LogP contribution in [0, 0.1) is 5.82 Å². The molecule has 0 radical (unpaired) electrons. The first-order valence-electron chi connectivity index (χ1n) is 7.42. The summed E-state index contributed by atoms with van der Waals surface area (Å²) in [7, 11) is 1.68. The number of oxazole rings is 1. The van der Waals surface area contributed by atoms with Crippen LogP contribution in [0.1, 0.15) is 11.3 Å². The van der Waals surface area contributed by atoms with E-state index in [0.717, 1.165) is 16.1 Å². The zero-order valence-electron chi connectivity index (χ0n) is 13.1. The largest absolute Gasteiger partial charge is 0.443 e. The number of halogens is 1. The highest BCUT2D eigenvalue weighted by molar-refractivity contribution is 7.13. The van der Waals surface area contributed by atoms with Gasteiger partial charge in [0.25, 0.3) is 0 Å². The monoisotopic (exact) mass is 344 g/mol. The molecular weight excluding hydrogens is 327 g/mol. The summed E-state index contributed by atoms with van der Waals surface area (Å²) in [6.45, 7) is 0.967. The quantitative estimate of drug-likeness (QED) is 0.550. The van der Waals surface area contributed by atoms with Crippen LogP contribution >= 0.6 is 11.3 Å². The van der Waals surface area contributed by atoms with Gasteiger partial charge in [-0.15, -0.1) is 11.3 Å². The van der Waals surface area contributed by atoms with E-state index in [1.807, 2.05) is 23.6 Å². The summed E-state index contributed by atoms with van der Waals surface area (Å²) < 4.78 is 18.6. The first-order chi connectivity index (χ1) is 11.7. The molecule has 0 fully saturated rings. The molecular formula is C17H17FN4OS. The molecule has 0 amide bonds. The summed E-state index contributed by atoms with van der Waals surface area (Å²) in [6.07, 6.45) is 1.63. The van der Waals surface area contributed by atoms with Gasteiger partial charge in [0, 0.05) is 13.6 Å². The molecule has 0 spiro atoms. The summed E-state index contributed by atoms with van der Waals surface area (Å²) in [6, 6.07) is 10.4. The molecule has 0 saturated heterocycles. The number of nitrogens with zero attached hydrogens (tertiary/aromatic N) is 2. The second kappa shape index (κ2) is 7.74. The van der Waals surface area contributed by atoms with Crippen LogP contribution in [0.5, 0.6) is 0 Å². The molecule has 1 aromatic carbocycles. The lowest BCUT2D eigenvalue weighted by atomic mass is 10.2. The van der Waals surface area contributed by atoms with Gasteiger partial charge in [0.05, 0.1) is 17.1 Å². The summed E-state index contributed by atoms with van der Waals surface area (Å²) >= 11 is 1.58. The predicted octanol–water partition coefficient (Wildman–Crippen LogP) is 3.41. The minimum atomic E-state index is -0.249. The molecule has 7 heteroatoms. The van der Waals surface area contributed by atoms with E-state index >= 15 is 0 Å². The molecule has 3 aromatic rings. The smallest absolute Gasteiger partial charge is 0.236 e. The average molecular weight is 344 g/mol. The van der Waals surface area contributed by atoms with Gasteiger partial charge in [-0.2, -0.15) is 0 Å². The van der Waals surface area contributed by atoms with Crippen molar-refractivity contribution in [3.8, 4) is 10.8 Å². The number of guanidine groups is 1. The standard InChI is InChI=1S/C17H17FN4OS/c1-19-17(20-9-12-4-2-5-13(18)8-12)21-10-14-11-23-16(22-14)15-6-3-7-24-15/h2-8,11H,9-10H2,1H3,(H2,19,20,21). The third kappa shape index (κ3) is 4.20. The third-order valence-electron chi connectivity index (χ3n) is 3.29. The summed E-state index contributed by atoms with van der Waals surface area (Å²) in [5, 5.41) is 8.27. The Kier molecular flexibility index (Phi) is 5.22. The van der Waals surface area contributed by atoms with Crippen molar-refractivity contribution in [3.05, 3.63) is 65.1 Å². The van der Waals surface area contributed by atoms with Gasteiger partial charge in [-0.1, -0.05) is 18.2 Å². The molecule has 5 nitrogen and oxygen atoms in total. The van der Waals surface area contributed by atoms with E-state index in [0.29, 0.717) is 24.9 Å². The van der Waals surface area contributed by atoms with E-state index in [1.165, 1.54) is 12.1 Å². The van der Waals surface area contributed by atoms with Crippen LogP contribution in [0.3, 0.4) is 0 Å². The molecule has 0 aliphatic heterocycles. The molecule has 0 saturated carbocycles. The highest BCUT2D eigenvalue weighted by Crippen LogP contribution is 2.23. The second-order valence-electron chi connectivity index (χ2n) is 5.03. The maximum absolute atomic E-state index is 13.2. The van der Waals surface area contributed by atoms with E-state index in [9.17, 15) is 4.39 Å². The number of benzene rings is 1. The molecule has 0 aliphatic rings. The SMILES string of the molecule is CN=C(NCc1cccc(F)c1)NCc1coc(-c2cccs2)n1. The van der Waals surface area contributed by atoms with Crippen LogP contribution in [-0.2, 0) is 13.1 Å². The Balaban J connectivity index is 1.53. The van der Waals surface area contributed by atoms with Gasteiger partial charge in [-0.25, -0.2) is 9.37 Å². The van der Waals surface area contributed by atoms with Crippen molar-refractivity contribution in [2.75, 3.05) is 7.05 Å². The van der Waals surface area contributed by atoms with E-state index in [2.05, 4.69) is 20.6 Å². The minimum absolute atomic E-state index is 0.249. The number of aromatic nitrogens is 1. The first kappa shape index (κ1) is 16.2. The number of hydrogen-bond acceptors (Lipinski definition) is 4. The molecule has 124 valence electrons. The zero-order valence-corrected chi connectivity index (χ0v) is 13.9. The number of thiophene rings is 1. The lowest BCUT2D eigenvalue weighted by Gasteiger charge is -2.10. The van der Waals surface area contributed by atoms with Gasteiger partial charge in [0.2, 0.25) is 5.89 Å². The fourth-order valence-electron chi connectivity index (χ4n) is 2.13. The van der Waals surface area contributed by atoms with Crippen LogP contribution in [0.4, 0.5) is 4.39 Å². The Hall–Kier alpha value is -2.67. The highest BCUT2D eigenvalue weighted by atomic mass is 32.1. The Morgan fingerprint density at radius 2 is 2.12 bits per heavy atom. The fourth-order valence-corrected chi connectivity index (χ4v) is 2.78. The number of hydrogen-bond donors (Lipinski definition) is 2. The first-order valence-corrected chi connectivity index (χ1v) is 8.30. The van der Waals surface area contributed by atoms with Crippen LogP contribution in [0.15, 0.2) is 57.5 Å². The van der Waals surface area contributed by atoms with Crippen molar-refractivity contribution in [2.24, 2.45) is 4.99 Å². The van der Waals surface area contributed by atoms with E-state index in [4.69, 9.17) is 4.42 Å². The molecule has 2 heterocycles. The van der Waals surface area contributed by atoms with Crippen molar-refractivity contribution < 1.29 is 8.81 Å². The Morgan fingerprint density at radius 3 is 2.88 bits per heavy atom. The third-order valence-corrected chi connectivity index (χ3v) is 4.15. The van der Waals surface area contributed by atoms with E-state index in [1.54, 1.807) is 30.7 Å². The van der Waals surface area contributed by atoms with Crippen LogP contribution < -0.4 is 10.6 Å². The van der Waals surface area contributed by atoms with Gasteiger partial charge in [-0.05, 0) is 29.1 Å². The molecule has 0 bridgehead atoms. The summed E-state index contributed by atoms with van der Waals surface area (Å²) in [5.41, 5.74) is 1.63. The maximum atomic E-state index is 13.2. The Morgan fingerprint density at radius 1 is 1.25 bits per heavy atom. The summed E-state index contributed by atoms with van der Waals surface area (Å²) in [4.78, 5) is 9.57. The van der Waals surface area contributed by atoms with Crippen LogP contribution in [-0.4, -0.2) is 18.0 Å². The van der Waals surface area contributed by atoms with Gasteiger partial charge in [0.15, 0.2) is 5.96 Å². The van der Waals surface area contributed by atoms with Crippen molar-refractivity contribution in [1.29, 1.82) is 0 Å². The molecule has 24 heavy (non-hydrogen) atoms. The minimum Gasteiger partial charge on any atom is -0.443 e. The second-order valence-corrected chi connectivity index (χ2v) is 5.98. The molecule has 2 N–H and O–H groups in total. The number of rotatable bonds is 5. The van der Waals surface area contributed by atoms with Gasteiger partial charge in [0.1, 0.15) is 12.1 Å². The Labute approximate surface area is 143 Å². The fraction of sp³-hybridized carbons (Fsp3) is 0.176.